The van der Waals surface area contributed by atoms with E-state index in [0.29, 0.717) is 30.5 Å². The number of carboxylic acid groups (broad SMARTS) is 1. The molecule has 2 heterocycles. The fraction of sp³-hybridized carbons (Fsp3) is 0.368. The molecule has 1 fully saturated rings. The third kappa shape index (κ3) is 7.82. The first-order chi connectivity index (χ1) is 23.3. The summed E-state index contributed by atoms with van der Waals surface area (Å²) in [6.45, 7) is 12.5. The zero-order valence-corrected chi connectivity index (χ0v) is 28.3. The summed E-state index contributed by atoms with van der Waals surface area (Å²) < 4.78 is 28.1. The maximum Gasteiger partial charge on any atom is 0.408 e. The van der Waals surface area contributed by atoms with Crippen molar-refractivity contribution in [1.29, 1.82) is 0 Å². The Hall–Kier alpha value is -5.06. The van der Waals surface area contributed by atoms with Gasteiger partial charge in [-0.1, -0.05) is 75.9 Å². The van der Waals surface area contributed by atoms with Crippen LogP contribution in [0, 0.1) is 5.41 Å². The van der Waals surface area contributed by atoms with E-state index in [1.165, 1.54) is 35.2 Å². The second-order valence-electron chi connectivity index (χ2n) is 13.6. The number of imidazole rings is 1. The molecule has 258 valence electrons. The molecule has 1 saturated heterocycles. The van der Waals surface area contributed by atoms with Crippen molar-refractivity contribution in [2.45, 2.75) is 78.1 Å². The number of nitrogens with one attached hydrogen (secondary N) is 1. The molecule has 0 bridgehead atoms. The summed E-state index contributed by atoms with van der Waals surface area (Å²) in [6.07, 6.45) is -0.403. The highest BCUT2D eigenvalue weighted by atomic mass is 19.3. The van der Waals surface area contributed by atoms with E-state index in [1.807, 2.05) is 80.8 Å². The Bertz CT molecular complexity index is 1820. The van der Waals surface area contributed by atoms with Crippen LogP contribution in [-0.2, 0) is 17.8 Å². The molecule has 4 aromatic rings. The summed E-state index contributed by atoms with van der Waals surface area (Å²) in [7, 11) is 0. The van der Waals surface area contributed by atoms with Crippen molar-refractivity contribution in [2.24, 2.45) is 5.41 Å². The predicted molar refractivity (Wildman–Crippen MR) is 186 cm³/mol. The monoisotopic (exact) mass is 671 g/mol. The van der Waals surface area contributed by atoms with E-state index in [9.17, 15) is 28.3 Å². The molecule has 2 unspecified atom stereocenters. The van der Waals surface area contributed by atoms with Gasteiger partial charge in [-0.25, -0.2) is 18.6 Å². The quantitative estimate of drug-likeness (QED) is 0.157. The lowest BCUT2D eigenvalue weighted by Crippen LogP contribution is -2.47. The Morgan fingerprint density at radius 3 is 2.35 bits per heavy atom. The number of fused-ring (bicyclic) bond motifs is 1. The van der Waals surface area contributed by atoms with Gasteiger partial charge in [0.15, 0.2) is 0 Å². The third-order valence-corrected chi connectivity index (χ3v) is 9.53. The van der Waals surface area contributed by atoms with Gasteiger partial charge in [0.2, 0.25) is 11.9 Å². The molecule has 3 aromatic carbocycles. The van der Waals surface area contributed by atoms with Gasteiger partial charge in [-0.3, -0.25) is 19.8 Å². The Morgan fingerprint density at radius 1 is 1.06 bits per heavy atom. The van der Waals surface area contributed by atoms with Crippen LogP contribution in [0.5, 0.6) is 0 Å². The summed E-state index contributed by atoms with van der Waals surface area (Å²) >= 11 is 0. The molecule has 49 heavy (non-hydrogen) atoms. The standard InChI is InChI=1S/C38H43F2N5O4/c1-6-33(46)43-20-10-13-29(43)23-44-31-19-18-28(22-30(31)41-36(44)42-35(47)27-16-14-26(15-17-27)34(39)40)32(21-25-11-8-7-9-12-25)45(37(48)49)24(2)38(3,4)5/h6-9,11-12,14-19,22,24,29,32,34H,1,10,13,20-21,23H2,2-5H3,(H,48,49)(H,41,42,47)/t24-,29?,32?/m0/s1. The van der Waals surface area contributed by atoms with Crippen molar-refractivity contribution in [2.75, 3.05) is 11.9 Å². The molecule has 11 heteroatoms. The van der Waals surface area contributed by atoms with Crippen LogP contribution in [0.4, 0.5) is 19.5 Å². The van der Waals surface area contributed by atoms with Crippen LogP contribution in [0.15, 0.2) is 85.5 Å². The molecule has 0 spiro atoms. The lowest BCUT2D eigenvalue weighted by Gasteiger charge is -2.41. The van der Waals surface area contributed by atoms with E-state index in [1.54, 1.807) is 4.90 Å². The third-order valence-electron chi connectivity index (χ3n) is 9.53. The molecule has 3 atom stereocenters. The summed E-state index contributed by atoms with van der Waals surface area (Å²) in [6, 6.07) is 19.4. The van der Waals surface area contributed by atoms with Crippen LogP contribution < -0.4 is 5.32 Å². The van der Waals surface area contributed by atoms with E-state index in [2.05, 4.69) is 11.9 Å². The number of likely N-dealkylation sites (tertiary alicyclic amines) is 1. The minimum Gasteiger partial charge on any atom is -0.465 e. The van der Waals surface area contributed by atoms with Gasteiger partial charge < -0.3 is 14.6 Å². The largest absolute Gasteiger partial charge is 0.465 e. The molecule has 5 rings (SSSR count). The van der Waals surface area contributed by atoms with Crippen LogP contribution >= 0.6 is 0 Å². The predicted octanol–water partition coefficient (Wildman–Crippen LogP) is 8.10. The van der Waals surface area contributed by atoms with Gasteiger partial charge >= 0.3 is 6.09 Å². The number of anilines is 1. The number of halogens is 2. The molecule has 0 aliphatic carbocycles. The zero-order valence-electron chi connectivity index (χ0n) is 28.3. The smallest absolute Gasteiger partial charge is 0.408 e. The second-order valence-corrected chi connectivity index (χ2v) is 13.6. The fourth-order valence-electron chi connectivity index (χ4n) is 6.43. The van der Waals surface area contributed by atoms with Gasteiger partial charge in [-0.2, -0.15) is 0 Å². The van der Waals surface area contributed by atoms with Crippen molar-refractivity contribution in [3.05, 3.63) is 108 Å². The average Bonchev–Trinajstić information content (AvgIpc) is 3.68. The highest BCUT2D eigenvalue weighted by molar-refractivity contribution is 6.04. The molecule has 1 aliphatic rings. The minimum atomic E-state index is -2.66. The Balaban J connectivity index is 1.59. The maximum atomic E-state index is 13.4. The van der Waals surface area contributed by atoms with Crippen molar-refractivity contribution in [3.63, 3.8) is 0 Å². The highest BCUT2D eigenvalue weighted by Gasteiger charge is 2.36. The molecule has 2 N–H and O–H groups in total. The number of amides is 3. The van der Waals surface area contributed by atoms with Crippen molar-refractivity contribution < 1.29 is 28.3 Å². The van der Waals surface area contributed by atoms with E-state index in [4.69, 9.17) is 4.98 Å². The molecule has 3 amide bonds. The Kier molecular flexibility index (Phi) is 10.5. The number of hydrogen-bond acceptors (Lipinski definition) is 4. The molecule has 1 aliphatic heterocycles. The first-order valence-corrected chi connectivity index (χ1v) is 16.5. The van der Waals surface area contributed by atoms with Crippen LogP contribution in [-0.4, -0.2) is 61.0 Å². The summed E-state index contributed by atoms with van der Waals surface area (Å²) in [5, 5.41) is 13.4. The van der Waals surface area contributed by atoms with E-state index in [0.717, 1.165) is 24.0 Å². The first-order valence-electron chi connectivity index (χ1n) is 16.5. The number of carbonyl (C=O) groups is 3. The number of aromatic nitrogens is 2. The van der Waals surface area contributed by atoms with Gasteiger partial charge in [0.05, 0.1) is 23.1 Å². The summed E-state index contributed by atoms with van der Waals surface area (Å²) in [5.74, 6) is -0.476. The normalized spacial score (nSPS) is 16.1. The number of carbonyl (C=O) groups excluding carboxylic acids is 2. The SMILES string of the molecule is C=CC(=O)N1CCCC1Cn1c(NC(=O)c2ccc(C(F)F)cc2)nc2cc(C(Cc3ccccc3)N(C(=O)O)[C@@H](C)C(C)(C)C)ccc21. The fourth-order valence-corrected chi connectivity index (χ4v) is 6.43. The number of hydrogen-bond donors (Lipinski definition) is 2. The van der Waals surface area contributed by atoms with Crippen molar-refractivity contribution >= 4 is 34.9 Å². The first kappa shape index (κ1) is 35.3. The lowest BCUT2D eigenvalue weighted by atomic mass is 9.84. The second kappa shape index (κ2) is 14.6. The molecule has 9 nitrogen and oxygen atoms in total. The van der Waals surface area contributed by atoms with Gasteiger partial charge in [0.25, 0.3) is 12.3 Å². The maximum absolute atomic E-state index is 13.4. The van der Waals surface area contributed by atoms with Gasteiger partial charge in [-0.15, -0.1) is 0 Å². The molecule has 0 radical (unpaired) electrons. The van der Waals surface area contributed by atoms with E-state index < -0.39 is 24.5 Å². The average molecular weight is 672 g/mol. The van der Waals surface area contributed by atoms with Crippen molar-refractivity contribution in [1.82, 2.24) is 19.4 Å². The Morgan fingerprint density at radius 2 is 1.73 bits per heavy atom. The zero-order chi connectivity index (χ0) is 35.5. The highest BCUT2D eigenvalue weighted by Crippen LogP contribution is 2.36. The van der Waals surface area contributed by atoms with Crippen LogP contribution in [0.25, 0.3) is 11.0 Å². The van der Waals surface area contributed by atoms with Crippen LogP contribution in [0.1, 0.15) is 80.1 Å². The number of alkyl halides is 2. The van der Waals surface area contributed by atoms with Crippen LogP contribution in [0.3, 0.4) is 0 Å². The van der Waals surface area contributed by atoms with Gasteiger partial charge in [-0.05, 0) is 73.1 Å². The topological polar surface area (TPSA) is 108 Å². The van der Waals surface area contributed by atoms with Crippen LogP contribution in [0.2, 0.25) is 0 Å². The Labute approximate surface area is 285 Å². The molecular weight excluding hydrogens is 628 g/mol. The summed E-state index contributed by atoms with van der Waals surface area (Å²) in [5.41, 5.74) is 2.59. The number of benzene rings is 3. The number of rotatable bonds is 11. The van der Waals surface area contributed by atoms with Gasteiger partial charge in [0.1, 0.15) is 0 Å². The minimum absolute atomic E-state index is 0.176. The van der Waals surface area contributed by atoms with E-state index >= 15 is 0 Å². The molecular formula is C38H43F2N5O4. The van der Waals surface area contributed by atoms with Gasteiger partial charge in [0, 0.05) is 30.3 Å². The molecule has 0 saturated carbocycles. The number of nitrogens with zero attached hydrogens (tertiary/aromatic N) is 4. The molecule has 1 aromatic heterocycles. The van der Waals surface area contributed by atoms with E-state index in [-0.39, 0.29) is 40.5 Å². The van der Waals surface area contributed by atoms with Crippen molar-refractivity contribution in [3.8, 4) is 0 Å². The lowest BCUT2D eigenvalue weighted by molar-refractivity contribution is -0.126. The summed E-state index contributed by atoms with van der Waals surface area (Å²) in [4.78, 5) is 47.1.